The van der Waals surface area contributed by atoms with Crippen LogP contribution in [-0.4, -0.2) is 16.8 Å². The van der Waals surface area contributed by atoms with Crippen LogP contribution in [0.5, 0.6) is 0 Å². The summed E-state index contributed by atoms with van der Waals surface area (Å²) >= 11 is 0. The molecule has 0 saturated carbocycles. The summed E-state index contributed by atoms with van der Waals surface area (Å²) in [6.07, 6.45) is 6.75. The zero-order valence-corrected chi connectivity index (χ0v) is 13.0. The first-order valence-electron chi connectivity index (χ1n) is 7.95. The van der Waals surface area contributed by atoms with Gasteiger partial charge in [-0.15, -0.1) is 0 Å². The van der Waals surface area contributed by atoms with E-state index in [4.69, 9.17) is 4.42 Å². The van der Waals surface area contributed by atoms with Crippen LogP contribution in [0.2, 0.25) is 0 Å². The predicted molar refractivity (Wildman–Crippen MR) is 88.3 cm³/mol. The van der Waals surface area contributed by atoms with E-state index in [0.29, 0.717) is 5.69 Å². The maximum atomic E-state index is 12.1. The van der Waals surface area contributed by atoms with Crippen LogP contribution in [0.3, 0.4) is 0 Å². The van der Waals surface area contributed by atoms with Crippen molar-refractivity contribution >= 4 is 22.8 Å². The Labute approximate surface area is 138 Å². The molecule has 0 fully saturated rings. The molecule has 6 heteroatoms. The molecule has 1 aliphatic carbocycles. The van der Waals surface area contributed by atoms with Crippen molar-refractivity contribution in [3.05, 3.63) is 59.1 Å². The Kier molecular flexibility index (Phi) is 3.57. The Bertz CT molecular complexity index is 909. The molecule has 0 atom stereocenters. The molecular weight excluding hydrogens is 306 g/mol. The van der Waals surface area contributed by atoms with E-state index in [2.05, 4.69) is 28.0 Å². The average molecular weight is 323 g/mol. The minimum atomic E-state index is -0.386. The highest BCUT2D eigenvalue weighted by Crippen LogP contribution is 2.30. The number of benzene rings is 1. The first-order chi connectivity index (χ1) is 11.7. The van der Waals surface area contributed by atoms with Crippen LogP contribution in [0, 0.1) is 0 Å². The molecule has 2 amide bonds. The van der Waals surface area contributed by atoms with Crippen molar-refractivity contribution in [3.8, 4) is 0 Å². The molecule has 0 bridgehead atoms. The maximum Gasteiger partial charge on any atom is 0.286 e. The Morgan fingerprint density at radius 2 is 2.00 bits per heavy atom. The van der Waals surface area contributed by atoms with Crippen LogP contribution in [0.4, 0.5) is 0 Å². The number of hydrazine groups is 1. The maximum absolute atomic E-state index is 12.1. The molecule has 0 saturated heterocycles. The minimum Gasteiger partial charge on any atom is -0.464 e. The third-order valence-corrected chi connectivity index (χ3v) is 4.38. The van der Waals surface area contributed by atoms with Crippen molar-refractivity contribution in [1.82, 2.24) is 15.8 Å². The lowest BCUT2D eigenvalue weighted by Gasteiger charge is -2.06. The van der Waals surface area contributed by atoms with Gasteiger partial charge >= 0.3 is 0 Å². The van der Waals surface area contributed by atoms with E-state index in [1.165, 1.54) is 17.5 Å². The van der Waals surface area contributed by atoms with Gasteiger partial charge in [0.2, 0.25) is 5.91 Å². The lowest BCUT2D eigenvalue weighted by Crippen LogP contribution is -2.42. The van der Waals surface area contributed by atoms with E-state index >= 15 is 0 Å². The topological polar surface area (TPSA) is 87.1 Å². The van der Waals surface area contributed by atoms with Crippen LogP contribution in [-0.2, 0) is 24.1 Å². The molecule has 1 aromatic carbocycles. The molecular formula is C18H17N3O3. The van der Waals surface area contributed by atoms with E-state index in [1.807, 2.05) is 0 Å². The summed E-state index contributed by atoms with van der Waals surface area (Å²) in [7, 11) is 0. The monoisotopic (exact) mass is 323 g/mol. The van der Waals surface area contributed by atoms with E-state index in [1.54, 1.807) is 24.6 Å². The van der Waals surface area contributed by atoms with Crippen molar-refractivity contribution in [2.75, 3.05) is 0 Å². The Balaban J connectivity index is 1.44. The molecule has 2 heterocycles. The minimum absolute atomic E-state index is 0.150. The van der Waals surface area contributed by atoms with E-state index in [-0.39, 0.29) is 18.2 Å². The number of amides is 2. The summed E-state index contributed by atoms with van der Waals surface area (Å²) in [6, 6.07) is 7.55. The standard InChI is InChI=1S/C18H17N3O3/c22-17(20-21-18(23)15-5-2-6-19-15)9-13-10-24-16-8-12-4-1-3-11(12)7-14(13)16/h2,5-8,10,19H,1,3-4,9H2,(H,20,22)(H,21,23). The number of furan rings is 1. The van der Waals surface area contributed by atoms with Crippen molar-refractivity contribution in [1.29, 1.82) is 0 Å². The van der Waals surface area contributed by atoms with Gasteiger partial charge in [0, 0.05) is 17.1 Å². The number of hydrogen-bond donors (Lipinski definition) is 3. The van der Waals surface area contributed by atoms with Crippen molar-refractivity contribution in [2.24, 2.45) is 0 Å². The summed E-state index contributed by atoms with van der Waals surface area (Å²) in [4.78, 5) is 26.6. The largest absolute Gasteiger partial charge is 0.464 e. The second-order valence-corrected chi connectivity index (χ2v) is 5.99. The molecule has 24 heavy (non-hydrogen) atoms. The second-order valence-electron chi connectivity index (χ2n) is 5.99. The van der Waals surface area contributed by atoms with Gasteiger partial charge < -0.3 is 9.40 Å². The number of aryl methyl sites for hydroxylation is 2. The smallest absolute Gasteiger partial charge is 0.286 e. The molecule has 3 N–H and O–H groups in total. The van der Waals surface area contributed by atoms with Gasteiger partial charge in [0.15, 0.2) is 0 Å². The van der Waals surface area contributed by atoms with E-state index in [0.717, 1.165) is 29.4 Å². The number of nitrogens with one attached hydrogen (secondary N) is 3. The third kappa shape index (κ3) is 2.67. The summed E-state index contributed by atoms with van der Waals surface area (Å²) in [6.45, 7) is 0. The summed E-state index contributed by atoms with van der Waals surface area (Å²) in [5.74, 6) is -0.679. The Morgan fingerprint density at radius 3 is 2.79 bits per heavy atom. The number of carbonyl (C=O) groups excluding carboxylic acids is 2. The van der Waals surface area contributed by atoms with E-state index < -0.39 is 0 Å². The molecule has 1 aliphatic rings. The number of carbonyl (C=O) groups is 2. The highest BCUT2D eigenvalue weighted by atomic mass is 16.3. The summed E-state index contributed by atoms with van der Waals surface area (Å²) < 4.78 is 5.59. The summed E-state index contributed by atoms with van der Waals surface area (Å²) in [5.41, 5.74) is 9.52. The van der Waals surface area contributed by atoms with E-state index in [9.17, 15) is 9.59 Å². The van der Waals surface area contributed by atoms with Gasteiger partial charge in [-0.05, 0) is 54.7 Å². The molecule has 4 rings (SSSR count). The van der Waals surface area contributed by atoms with Crippen LogP contribution in [0.15, 0.2) is 41.1 Å². The van der Waals surface area contributed by atoms with Crippen LogP contribution >= 0.6 is 0 Å². The lowest BCUT2D eigenvalue weighted by atomic mass is 10.0. The lowest BCUT2D eigenvalue weighted by molar-refractivity contribution is -0.121. The van der Waals surface area contributed by atoms with Gasteiger partial charge in [-0.25, -0.2) is 0 Å². The van der Waals surface area contributed by atoms with Gasteiger partial charge in [-0.2, -0.15) is 0 Å². The molecule has 3 aromatic rings. The number of aromatic amines is 1. The van der Waals surface area contributed by atoms with Crippen molar-refractivity contribution < 1.29 is 14.0 Å². The molecule has 0 radical (unpaired) electrons. The predicted octanol–water partition coefficient (Wildman–Crippen LogP) is 2.25. The second kappa shape index (κ2) is 5.88. The zero-order valence-electron chi connectivity index (χ0n) is 13.0. The first kappa shape index (κ1) is 14.6. The van der Waals surface area contributed by atoms with Crippen molar-refractivity contribution in [2.45, 2.75) is 25.7 Å². The highest BCUT2D eigenvalue weighted by molar-refractivity contribution is 5.94. The number of hydrogen-bond acceptors (Lipinski definition) is 3. The third-order valence-electron chi connectivity index (χ3n) is 4.38. The fourth-order valence-corrected chi connectivity index (χ4v) is 3.17. The molecule has 0 aliphatic heterocycles. The summed E-state index contributed by atoms with van der Waals surface area (Å²) in [5, 5.41) is 0.974. The van der Waals surface area contributed by atoms with Crippen LogP contribution in [0.25, 0.3) is 11.0 Å². The molecule has 122 valence electrons. The van der Waals surface area contributed by atoms with Gasteiger partial charge in [-0.3, -0.25) is 20.4 Å². The first-order valence-corrected chi connectivity index (χ1v) is 7.95. The normalized spacial score (nSPS) is 13.0. The number of H-pyrrole nitrogens is 1. The Morgan fingerprint density at radius 1 is 1.17 bits per heavy atom. The van der Waals surface area contributed by atoms with Crippen molar-refractivity contribution in [3.63, 3.8) is 0 Å². The Hall–Kier alpha value is -3.02. The van der Waals surface area contributed by atoms with Gasteiger partial charge in [-0.1, -0.05) is 0 Å². The molecule has 6 nitrogen and oxygen atoms in total. The van der Waals surface area contributed by atoms with Crippen LogP contribution in [0.1, 0.15) is 33.6 Å². The molecule has 0 unspecified atom stereocenters. The average Bonchev–Trinajstić information content (AvgIpc) is 3.31. The quantitative estimate of drug-likeness (QED) is 0.646. The van der Waals surface area contributed by atoms with Gasteiger partial charge in [0.05, 0.1) is 12.7 Å². The number of rotatable bonds is 3. The fourth-order valence-electron chi connectivity index (χ4n) is 3.17. The molecule has 2 aromatic heterocycles. The fraction of sp³-hybridized carbons (Fsp3) is 0.222. The number of fused-ring (bicyclic) bond motifs is 2. The highest BCUT2D eigenvalue weighted by Gasteiger charge is 2.17. The zero-order chi connectivity index (χ0) is 16.5. The SMILES string of the molecule is O=C(Cc1coc2cc3c(cc12)CCC3)NNC(=O)c1ccc[nH]1. The van der Waals surface area contributed by atoms with Gasteiger partial charge in [0.25, 0.3) is 5.91 Å². The molecule has 0 spiro atoms. The number of aromatic nitrogens is 1. The van der Waals surface area contributed by atoms with Crippen LogP contribution < -0.4 is 10.9 Å². The van der Waals surface area contributed by atoms with Gasteiger partial charge in [0.1, 0.15) is 11.3 Å².